The summed E-state index contributed by atoms with van der Waals surface area (Å²) in [7, 11) is -5.82. The quantitative estimate of drug-likeness (QED) is 0.120. The van der Waals surface area contributed by atoms with Crippen LogP contribution < -0.4 is 9.08 Å². The SMILES string of the molecule is O=S(=O)(Oc1ccc(N(c2ccc(-c3cccc4c3oc3ccccc34)cc2)c2ccc(-c3cccc4c3sc3ccccc34)cc2)cc1)C(F)(F)F. The van der Waals surface area contributed by atoms with Crippen LogP contribution in [-0.2, 0) is 10.1 Å². The fraction of sp³-hybridized carbons (Fsp3) is 0.0233. The average Bonchev–Trinajstić information content (AvgIpc) is 3.75. The molecule has 0 unspecified atom stereocenters. The molecule has 0 saturated carbocycles. The first-order valence-electron chi connectivity index (χ1n) is 16.6. The molecule has 0 spiro atoms. The molecule has 0 amide bonds. The van der Waals surface area contributed by atoms with Gasteiger partial charge >= 0.3 is 15.6 Å². The summed E-state index contributed by atoms with van der Waals surface area (Å²) in [5, 5.41) is 4.47. The molecule has 0 aliphatic rings. The molecule has 0 aliphatic heterocycles. The Balaban J connectivity index is 1.11. The van der Waals surface area contributed by atoms with E-state index >= 15 is 0 Å². The second kappa shape index (κ2) is 12.5. The highest BCUT2D eigenvalue weighted by Crippen LogP contribution is 2.43. The predicted octanol–water partition coefficient (Wildman–Crippen LogP) is 13.0. The van der Waals surface area contributed by atoms with Crippen LogP contribution in [0.25, 0.3) is 64.4 Å². The van der Waals surface area contributed by atoms with Crippen LogP contribution in [0, 0.1) is 0 Å². The molecule has 2 aromatic heterocycles. The van der Waals surface area contributed by atoms with Gasteiger partial charge < -0.3 is 13.5 Å². The Kier molecular flexibility index (Phi) is 7.76. The molecular formula is C43H26F3NO4S2. The van der Waals surface area contributed by atoms with Crippen molar-refractivity contribution in [3.63, 3.8) is 0 Å². The highest BCUT2D eigenvalue weighted by Gasteiger charge is 2.48. The number of rotatable bonds is 7. The molecule has 260 valence electrons. The molecule has 0 bridgehead atoms. The first-order chi connectivity index (χ1) is 25.6. The first-order valence-corrected chi connectivity index (χ1v) is 18.8. The second-order valence-corrected chi connectivity index (χ2v) is 15.1. The Morgan fingerprint density at radius 2 is 1.08 bits per heavy atom. The van der Waals surface area contributed by atoms with Gasteiger partial charge in [-0.3, -0.25) is 0 Å². The lowest BCUT2D eigenvalue weighted by Gasteiger charge is -2.26. The standard InChI is InChI=1S/C43H26F3NO4S2/c44-43(45,46)53(48,49)51-32-25-23-31(24-26-32)47(29-19-15-27(16-20-29)33-9-5-11-37-35-7-1-3-13-39(35)50-41(33)37)30-21-17-28(18-22-30)34-10-6-12-38-36-8-2-4-14-40(36)52-42(34)38/h1-26H. The van der Waals surface area contributed by atoms with Gasteiger partial charge in [0.15, 0.2) is 0 Å². The third-order valence-corrected chi connectivity index (χ3v) is 11.5. The highest BCUT2D eigenvalue weighted by molar-refractivity contribution is 7.88. The van der Waals surface area contributed by atoms with Crippen molar-refractivity contribution >= 4 is 80.6 Å². The van der Waals surface area contributed by atoms with Crippen molar-refractivity contribution in [3.05, 3.63) is 158 Å². The Morgan fingerprint density at radius 3 is 1.74 bits per heavy atom. The van der Waals surface area contributed by atoms with Crippen molar-refractivity contribution in [1.82, 2.24) is 0 Å². The van der Waals surface area contributed by atoms with Gasteiger partial charge in [0.2, 0.25) is 0 Å². The monoisotopic (exact) mass is 741 g/mol. The van der Waals surface area contributed by atoms with Crippen molar-refractivity contribution in [2.24, 2.45) is 0 Å². The Hall–Kier alpha value is -6.10. The maximum atomic E-state index is 13.0. The third-order valence-electron chi connectivity index (χ3n) is 9.27. The summed E-state index contributed by atoms with van der Waals surface area (Å²) in [6.07, 6.45) is 0. The molecule has 7 aromatic carbocycles. The minimum Gasteiger partial charge on any atom is -0.455 e. The number of hydrogen-bond acceptors (Lipinski definition) is 6. The first kappa shape index (κ1) is 32.8. The van der Waals surface area contributed by atoms with E-state index in [0.717, 1.165) is 55.6 Å². The fourth-order valence-corrected chi connectivity index (χ4v) is 8.50. The van der Waals surface area contributed by atoms with Crippen LogP contribution in [-0.4, -0.2) is 13.9 Å². The molecule has 0 fully saturated rings. The van der Waals surface area contributed by atoms with E-state index in [4.69, 9.17) is 4.42 Å². The van der Waals surface area contributed by atoms with Crippen LogP contribution in [0.15, 0.2) is 162 Å². The second-order valence-electron chi connectivity index (χ2n) is 12.5. The summed E-state index contributed by atoms with van der Waals surface area (Å²) < 4.78 is 75.5. The molecule has 5 nitrogen and oxygen atoms in total. The molecule has 9 aromatic rings. The third kappa shape index (κ3) is 5.76. The average molecular weight is 742 g/mol. The van der Waals surface area contributed by atoms with Crippen LogP contribution in [0.4, 0.5) is 30.2 Å². The maximum Gasteiger partial charge on any atom is 0.534 e. The molecule has 0 atom stereocenters. The minimum atomic E-state index is -5.82. The largest absolute Gasteiger partial charge is 0.534 e. The molecular weight excluding hydrogens is 716 g/mol. The van der Waals surface area contributed by atoms with E-state index in [1.54, 1.807) is 11.3 Å². The van der Waals surface area contributed by atoms with Gasteiger partial charge in [-0.25, -0.2) is 0 Å². The van der Waals surface area contributed by atoms with Gasteiger partial charge in [0.25, 0.3) is 0 Å². The highest BCUT2D eigenvalue weighted by atomic mass is 32.2. The summed E-state index contributed by atoms with van der Waals surface area (Å²) in [5.41, 5.74) is 2.17. The molecule has 0 saturated heterocycles. The predicted molar refractivity (Wildman–Crippen MR) is 208 cm³/mol. The Labute approximate surface area is 305 Å². The van der Waals surface area contributed by atoms with Gasteiger partial charge in [0.05, 0.1) is 0 Å². The summed E-state index contributed by atoms with van der Waals surface area (Å²) in [5.74, 6) is -0.452. The fourth-order valence-electron chi connectivity index (χ4n) is 6.80. The van der Waals surface area contributed by atoms with E-state index in [9.17, 15) is 21.6 Å². The molecule has 53 heavy (non-hydrogen) atoms. The normalized spacial score (nSPS) is 12.2. The number of para-hydroxylation sites is 2. The number of benzene rings is 7. The van der Waals surface area contributed by atoms with Crippen molar-refractivity contribution in [1.29, 1.82) is 0 Å². The zero-order chi connectivity index (χ0) is 36.3. The molecule has 0 radical (unpaired) electrons. The Bertz CT molecular complexity index is 2760. The summed E-state index contributed by atoms with van der Waals surface area (Å²) in [4.78, 5) is 1.94. The van der Waals surface area contributed by atoms with E-state index in [1.165, 1.54) is 44.4 Å². The van der Waals surface area contributed by atoms with Crippen molar-refractivity contribution in [2.45, 2.75) is 5.51 Å². The lowest BCUT2D eigenvalue weighted by Crippen LogP contribution is -2.28. The molecule has 2 heterocycles. The van der Waals surface area contributed by atoms with Gasteiger partial charge in [-0.15, -0.1) is 11.3 Å². The van der Waals surface area contributed by atoms with Crippen LogP contribution >= 0.6 is 11.3 Å². The number of furan rings is 1. The van der Waals surface area contributed by atoms with Crippen LogP contribution in [0.5, 0.6) is 5.75 Å². The number of anilines is 3. The van der Waals surface area contributed by atoms with Crippen LogP contribution in [0.2, 0.25) is 0 Å². The lowest BCUT2D eigenvalue weighted by molar-refractivity contribution is -0.0500. The van der Waals surface area contributed by atoms with Crippen molar-refractivity contribution in [2.75, 3.05) is 4.90 Å². The zero-order valence-electron chi connectivity index (χ0n) is 27.5. The van der Waals surface area contributed by atoms with Gasteiger partial charge in [-0.1, -0.05) is 97.1 Å². The van der Waals surface area contributed by atoms with Crippen molar-refractivity contribution in [3.8, 4) is 28.0 Å². The number of alkyl halides is 3. The number of thiophene rings is 1. The Morgan fingerprint density at radius 1 is 0.547 bits per heavy atom. The summed E-state index contributed by atoms with van der Waals surface area (Å²) in [6, 6.07) is 50.1. The molecule has 9 rings (SSSR count). The number of halogens is 3. The molecule has 0 N–H and O–H groups in total. The molecule has 0 aliphatic carbocycles. The van der Waals surface area contributed by atoms with Gasteiger partial charge in [-0.05, 0) is 77.4 Å². The minimum absolute atomic E-state index is 0.452. The van der Waals surface area contributed by atoms with Gasteiger partial charge in [0.1, 0.15) is 16.9 Å². The topological polar surface area (TPSA) is 59.8 Å². The molecule has 10 heteroatoms. The smallest absolute Gasteiger partial charge is 0.455 e. The van der Waals surface area contributed by atoms with Crippen molar-refractivity contribution < 1.29 is 30.2 Å². The van der Waals surface area contributed by atoms with E-state index in [-0.39, 0.29) is 0 Å². The zero-order valence-corrected chi connectivity index (χ0v) is 29.2. The van der Waals surface area contributed by atoms with E-state index in [1.807, 2.05) is 108 Å². The van der Waals surface area contributed by atoms with E-state index in [2.05, 4.69) is 34.5 Å². The lowest BCUT2D eigenvalue weighted by atomic mass is 10.0. The maximum absolute atomic E-state index is 13.0. The van der Waals surface area contributed by atoms with Gasteiger partial charge in [-0.2, -0.15) is 21.6 Å². The number of fused-ring (bicyclic) bond motifs is 6. The van der Waals surface area contributed by atoms with E-state index in [0.29, 0.717) is 5.69 Å². The summed E-state index contributed by atoms with van der Waals surface area (Å²) >= 11 is 1.75. The van der Waals surface area contributed by atoms with Gasteiger partial charge in [0, 0.05) is 53.6 Å². The number of nitrogens with zero attached hydrogens (tertiary/aromatic N) is 1. The van der Waals surface area contributed by atoms with E-state index < -0.39 is 21.4 Å². The van der Waals surface area contributed by atoms with Crippen LogP contribution in [0.3, 0.4) is 0 Å². The number of hydrogen-bond donors (Lipinski definition) is 0. The summed E-state index contributed by atoms with van der Waals surface area (Å²) in [6.45, 7) is 0. The van der Waals surface area contributed by atoms with Crippen LogP contribution in [0.1, 0.15) is 0 Å².